The van der Waals surface area contributed by atoms with Gasteiger partial charge in [-0.15, -0.1) is 16.4 Å². The highest BCUT2D eigenvalue weighted by Gasteiger charge is 2.09. The standard InChI is InChI=1S/C20H19N5O2S2/c1-26-16-7-3-13(4-8-16)18-23-20(25-24-18)29-12-15-11-28-19(22-15)21-14-5-9-17(27-2)10-6-14/h3-11H,12H2,1-2H3,(H,21,22)(H,23,24,25). The van der Waals surface area contributed by atoms with E-state index in [1.54, 1.807) is 37.3 Å². The SMILES string of the molecule is COc1ccc(Nc2nc(CSc3n[nH]c(-c4ccc(OC)cc4)n3)cs2)cc1. The van der Waals surface area contributed by atoms with E-state index < -0.39 is 0 Å². The Morgan fingerprint density at radius 1 is 0.966 bits per heavy atom. The molecule has 0 amide bonds. The molecule has 0 spiro atoms. The fourth-order valence-corrected chi connectivity index (χ4v) is 4.08. The first-order valence-corrected chi connectivity index (χ1v) is 10.6. The number of methoxy groups -OCH3 is 2. The van der Waals surface area contributed by atoms with E-state index in [1.165, 1.54) is 0 Å². The minimum atomic E-state index is 0.688. The number of ether oxygens (including phenoxy) is 2. The molecule has 0 unspecified atom stereocenters. The number of hydrogen-bond acceptors (Lipinski definition) is 8. The van der Waals surface area contributed by atoms with Gasteiger partial charge in [-0.1, -0.05) is 11.8 Å². The Hall–Kier alpha value is -3.04. The molecule has 0 fully saturated rings. The molecule has 0 bridgehead atoms. The van der Waals surface area contributed by atoms with E-state index in [-0.39, 0.29) is 0 Å². The number of aromatic amines is 1. The van der Waals surface area contributed by atoms with Crippen LogP contribution in [-0.4, -0.2) is 34.4 Å². The molecule has 0 aliphatic carbocycles. The van der Waals surface area contributed by atoms with Crippen molar-refractivity contribution in [3.63, 3.8) is 0 Å². The van der Waals surface area contributed by atoms with Crippen LogP contribution < -0.4 is 14.8 Å². The lowest BCUT2D eigenvalue weighted by Crippen LogP contribution is -1.91. The molecule has 0 saturated carbocycles. The van der Waals surface area contributed by atoms with Crippen molar-refractivity contribution in [2.45, 2.75) is 10.9 Å². The summed E-state index contributed by atoms with van der Waals surface area (Å²) in [6.07, 6.45) is 0. The topological polar surface area (TPSA) is 85.0 Å². The summed E-state index contributed by atoms with van der Waals surface area (Å²) in [7, 11) is 3.30. The number of thiazole rings is 1. The van der Waals surface area contributed by atoms with Crippen LogP contribution in [0.2, 0.25) is 0 Å². The van der Waals surface area contributed by atoms with Gasteiger partial charge in [0.25, 0.3) is 0 Å². The number of benzene rings is 2. The maximum absolute atomic E-state index is 5.18. The molecule has 2 aromatic carbocycles. The third-order valence-electron chi connectivity index (χ3n) is 4.07. The fourth-order valence-electron chi connectivity index (χ4n) is 2.56. The van der Waals surface area contributed by atoms with Crippen molar-refractivity contribution >= 4 is 33.9 Å². The van der Waals surface area contributed by atoms with Crippen LogP contribution in [0.25, 0.3) is 11.4 Å². The monoisotopic (exact) mass is 425 g/mol. The number of thioether (sulfide) groups is 1. The molecule has 0 aliphatic rings. The maximum atomic E-state index is 5.18. The van der Waals surface area contributed by atoms with Gasteiger partial charge in [-0.25, -0.2) is 9.97 Å². The lowest BCUT2D eigenvalue weighted by Gasteiger charge is -2.03. The molecule has 0 saturated heterocycles. The second kappa shape index (κ2) is 8.97. The highest BCUT2D eigenvalue weighted by Crippen LogP contribution is 2.27. The van der Waals surface area contributed by atoms with Gasteiger partial charge in [-0.2, -0.15) is 0 Å². The molecule has 29 heavy (non-hydrogen) atoms. The van der Waals surface area contributed by atoms with Crippen molar-refractivity contribution < 1.29 is 9.47 Å². The van der Waals surface area contributed by atoms with Crippen molar-refractivity contribution in [1.29, 1.82) is 0 Å². The van der Waals surface area contributed by atoms with Gasteiger partial charge in [-0.3, -0.25) is 5.10 Å². The van der Waals surface area contributed by atoms with Crippen molar-refractivity contribution in [2.24, 2.45) is 0 Å². The van der Waals surface area contributed by atoms with Gasteiger partial charge in [0.15, 0.2) is 11.0 Å². The Morgan fingerprint density at radius 3 is 2.34 bits per heavy atom. The minimum Gasteiger partial charge on any atom is -0.497 e. The Morgan fingerprint density at radius 2 is 1.66 bits per heavy atom. The first-order valence-electron chi connectivity index (χ1n) is 8.78. The molecule has 7 nitrogen and oxygen atoms in total. The van der Waals surface area contributed by atoms with E-state index in [0.717, 1.165) is 39.4 Å². The molecule has 148 valence electrons. The Labute approximate surface area is 176 Å². The minimum absolute atomic E-state index is 0.688. The number of anilines is 2. The molecule has 4 rings (SSSR count). The van der Waals surface area contributed by atoms with Gasteiger partial charge in [0.1, 0.15) is 11.5 Å². The quantitative estimate of drug-likeness (QED) is 0.385. The average molecular weight is 426 g/mol. The van der Waals surface area contributed by atoms with E-state index in [2.05, 4.69) is 25.5 Å². The number of rotatable bonds is 8. The van der Waals surface area contributed by atoms with Crippen LogP contribution in [0.5, 0.6) is 11.5 Å². The molecule has 2 aromatic heterocycles. The summed E-state index contributed by atoms with van der Waals surface area (Å²) in [4.78, 5) is 9.17. The lowest BCUT2D eigenvalue weighted by molar-refractivity contribution is 0.415. The van der Waals surface area contributed by atoms with E-state index in [0.29, 0.717) is 10.9 Å². The molecule has 4 aromatic rings. The largest absolute Gasteiger partial charge is 0.497 e. The predicted octanol–water partition coefficient (Wildman–Crippen LogP) is 4.98. The van der Waals surface area contributed by atoms with Gasteiger partial charge in [0, 0.05) is 22.4 Å². The molecular weight excluding hydrogens is 406 g/mol. The highest BCUT2D eigenvalue weighted by atomic mass is 32.2. The van der Waals surface area contributed by atoms with Crippen LogP contribution in [0.15, 0.2) is 59.1 Å². The zero-order valence-electron chi connectivity index (χ0n) is 15.9. The van der Waals surface area contributed by atoms with Crippen LogP contribution in [0.4, 0.5) is 10.8 Å². The highest BCUT2D eigenvalue weighted by molar-refractivity contribution is 7.98. The summed E-state index contributed by atoms with van der Waals surface area (Å²) in [6.45, 7) is 0. The van der Waals surface area contributed by atoms with Gasteiger partial charge in [0.05, 0.1) is 19.9 Å². The van der Waals surface area contributed by atoms with Gasteiger partial charge in [0.2, 0.25) is 5.16 Å². The van der Waals surface area contributed by atoms with E-state index in [4.69, 9.17) is 9.47 Å². The van der Waals surface area contributed by atoms with Crippen LogP contribution in [0.3, 0.4) is 0 Å². The number of nitrogens with zero attached hydrogens (tertiary/aromatic N) is 3. The summed E-state index contributed by atoms with van der Waals surface area (Å²) < 4.78 is 10.4. The number of hydrogen-bond donors (Lipinski definition) is 2. The summed E-state index contributed by atoms with van der Waals surface area (Å²) in [5.74, 6) is 3.06. The Bertz CT molecular complexity index is 1060. The Balaban J connectivity index is 1.34. The molecule has 2 N–H and O–H groups in total. The van der Waals surface area contributed by atoms with E-state index in [9.17, 15) is 0 Å². The van der Waals surface area contributed by atoms with Crippen molar-refractivity contribution in [2.75, 3.05) is 19.5 Å². The number of H-pyrrole nitrogens is 1. The maximum Gasteiger partial charge on any atom is 0.209 e. The summed E-state index contributed by atoms with van der Waals surface area (Å²) >= 11 is 3.11. The number of nitrogens with one attached hydrogen (secondary N) is 2. The van der Waals surface area contributed by atoms with Crippen LogP contribution in [0, 0.1) is 0 Å². The molecule has 9 heteroatoms. The third kappa shape index (κ3) is 4.87. The summed E-state index contributed by atoms with van der Waals surface area (Å²) in [5, 5.41) is 14.1. The third-order valence-corrected chi connectivity index (χ3v) is 5.76. The van der Waals surface area contributed by atoms with Crippen LogP contribution >= 0.6 is 23.1 Å². The fraction of sp³-hybridized carbons (Fsp3) is 0.150. The molecular formula is C20H19N5O2S2. The van der Waals surface area contributed by atoms with Crippen molar-refractivity contribution in [1.82, 2.24) is 20.2 Å². The normalized spacial score (nSPS) is 10.7. The summed E-state index contributed by atoms with van der Waals surface area (Å²) in [6, 6.07) is 15.4. The lowest BCUT2D eigenvalue weighted by atomic mass is 10.2. The zero-order chi connectivity index (χ0) is 20.1. The van der Waals surface area contributed by atoms with Crippen molar-refractivity contribution in [3.8, 4) is 22.9 Å². The zero-order valence-corrected chi connectivity index (χ0v) is 17.5. The smallest absolute Gasteiger partial charge is 0.209 e. The average Bonchev–Trinajstić information content (AvgIpc) is 3.42. The second-order valence-corrected chi connectivity index (χ2v) is 7.78. The molecule has 0 atom stereocenters. The van der Waals surface area contributed by atoms with Gasteiger partial charge in [-0.05, 0) is 48.5 Å². The summed E-state index contributed by atoms with van der Waals surface area (Å²) in [5.41, 5.74) is 2.91. The van der Waals surface area contributed by atoms with Gasteiger partial charge >= 0.3 is 0 Å². The predicted molar refractivity (Wildman–Crippen MR) is 116 cm³/mol. The van der Waals surface area contributed by atoms with E-state index in [1.807, 2.05) is 53.9 Å². The number of aromatic nitrogens is 4. The van der Waals surface area contributed by atoms with Crippen LogP contribution in [0.1, 0.15) is 5.69 Å². The first-order chi connectivity index (χ1) is 14.2. The second-order valence-electron chi connectivity index (χ2n) is 5.98. The molecule has 0 radical (unpaired) electrons. The van der Waals surface area contributed by atoms with Crippen molar-refractivity contribution in [3.05, 3.63) is 59.6 Å². The van der Waals surface area contributed by atoms with E-state index >= 15 is 0 Å². The molecule has 0 aliphatic heterocycles. The van der Waals surface area contributed by atoms with Crippen LogP contribution in [-0.2, 0) is 5.75 Å². The first kappa shape index (κ1) is 19.3. The van der Waals surface area contributed by atoms with Gasteiger partial charge < -0.3 is 14.8 Å². The molecule has 2 heterocycles. The Kier molecular flexibility index (Phi) is 5.97.